The van der Waals surface area contributed by atoms with Crippen molar-refractivity contribution >= 4 is 39.6 Å². The molecular weight excluding hydrogens is 320 g/mol. The van der Waals surface area contributed by atoms with Gasteiger partial charge in [0.15, 0.2) is 5.11 Å². The van der Waals surface area contributed by atoms with Gasteiger partial charge in [0.1, 0.15) is 10.8 Å². The Bertz CT molecular complexity index is 663. The molecule has 0 radical (unpaired) electrons. The van der Waals surface area contributed by atoms with Crippen LogP contribution in [0.3, 0.4) is 0 Å². The van der Waals surface area contributed by atoms with Crippen molar-refractivity contribution in [3.05, 3.63) is 40.2 Å². The summed E-state index contributed by atoms with van der Waals surface area (Å²) in [5, 5.41) is 7.24. The summed E-state index contributed by atoms with van der Waals surface area (Å²) in [4.78, 5) is 13.1. The van der Waals surface area contributed by atoms with Crippen molar-refractivity contribution in [2.75, 3.05) is 11.9 Å². The molecule has 0 saturated carbocycles. The van der Waals surface area contributed by atoms with Gasteiger partial charge in [-0.05, 0) is 50.7 Å². The summed E-state index contributed by atoms with van der Waals surface area (Å²) in [6, 6.07) is 3.68. The molecule has 0 aliphatic heterocycles. The van der Waals surface area contributed by atoms with Crippen LogP contribution in [0.2, 0.25) is 0 Å². The third-order valence-corrected chi connectivity index (χ3v) is 4.46. The molecule has 2 aromatic heterocycles. The molecule has 0 amide bonds. The van der Waals surface area contributed by atoms with E-state index in [9.17, 15) is 4.79 Å². The number of anilines is 1. The zero-order valence-corrected chi connectivity index (χ0v) is 14.3. The minimum atomic E-state index is -0.333. The van der Waals surface area contributed by atoms with Gasteiger partial charge >= 0.3 is 5.97 Å². The predicted octanol–water partition coefficient (Wildman–Crippen LogP) is 3.62. The first kappa shape index (κ1) is 16.5. The lowest BCUT2D eigenvalue weighted by Gasteiger charge is -2.10. The van der Waals surface area contributed by atoms with Crippen molar-refractivity contribution in [3.8, 4) is 0 Å². The summed E-state index contributed by atoms with van der Waals surface area (Å²) in [5.41, 5.74) is 1.46. The van der Waals surface area contributed by atoms with Gasteiger partial charge in [-0.2, -0.15) is 0 Å². The van der Waals surface area contributed by atoms with Crippen molar-refractivity contribution in [1.82, 2.24) is 5.32 Å². The van der Waals surface area contributed by atoms with E-state index in [-0.39, 0.29) is 5.97 Å². The Balaban J connectivity index is 2.06. The summed E-state index contributed by atoms with van der Waals surface area (Å²) in [5.74, 6) is 0.453. The number of rotatable bonds is 5. The molecule has 2 N–H and O–H groups in total. The lowest BCUT2D eigenvalue weighted by molar-refractivity contribution is 0.0527. The zero-order valence-electron chi connectivity index (χ0n) is 12.7. The van der Waals surface area contributed by atoms with Crippen LogP contribution in [0.4, 0.5) is 5.00 Å². The second kappa shape index (κ2) is 7.42. The highest BCUT2D eigenvalue weighted by Crippen LogP contribution is 2.32. The van der Waals surface area contributed by atoms with E-state index in [1.54, 1.807) is 13.2 Å². The highest BCUT2D eigenvalue weighted by atomic mass is 32.1. The van der Waals surface area contributed by atoms with Crippen LogP contribution in [-0.4, -0.2) is 17.7 Å². The van der Waals surface area contributed by atoms with E-state index >= 15 is 0 Å². The van der Waals surface area contributed by atoms with Crippen molar-refractivity contribution in [1.29, 1.82) is 0 Å². The van der Waals surface area contributed by atoms with Crippen LogP contribution in [0, 0.1) is 13.8 Å². The van der Waals surface area contributed by atoms with Crippen molar-refractivity contribution in [3.63, 3.8) is 0 Å². The Morgan fingerprint density at radius 1 is 1.45 bits per heavy atom. The molecule has 0 unspecified atom stereocenters. The molecule has 0 fully saturated rings. The first-order chi connectivity index (χ1) is 10.5. The van der Waals surface area contributed by atoms with Crippen LogP contribution in [0.15, 0.2) is 22.8 Å². The van der Waals surface area contributed by atoms with Gasteiger partial charge < -0.3 is 19.8 Å². The van der Waals surface area contributed by atoms with Crippen LogP contribution >= 0.6 is 23.6 Å². The fraction of sp³-hybridized carbons (Fsp3) is 0.333. The number of nitrogens with one attached hydrogen (secondary N) is 2. The first-order valence-corrected chi connectivity index (χ1v) is 8.09. The maximum atomic E-state index is 12.1. The van der Waals surface area contributed by atoms with E-state index in [2.05, 4.69) is 10.6 Å². The van der Waals surface area contributed by atoms with E-state index in [1.807, 2.05) is 26.0 Å². The molecule has 0 aliphatic carbocycles. The van der Waals surface area contributed by atoms with Gasteiger partial charge in [0.2, 0.25) is 0 Å². The summed E-state index contributed by atoms with van der Waals surface area (Å²) in [6.45, 7) is 6.48. The molecule has 7 heteroatoms. The number of thiophene rings is 1. The highest BCUT2D eigenvalue weighted by Gasteiger charge is 2.21. The molecule has 5 nitrogen and oxygen atoms in total. The number of ether oxygens (including phenoxy) is 1. The second-order valence-corrected chi connectivity index (χ2v) is 6.23. The molecule has 0 aliphatic rings. The van der Waals surface area contributed by atoms with Gasteiger partial charge in [-0.1, -0.05) is 0 Å². The molecular formula is C15H18N2O3S2. The second-order valence-electron chi connectivity index (χ2n) is 4.59. The SMILES string of the molecule is CCOC(=O)c1c(NC(=S)NCc2ccco2)sc(C)c1C. The van der Waals surface area contributed by atoms with Gasteiger partial charge in [-0.25, -0.2) is 4.79 Å². The van der Waals surface area contributed by atoms with Crippen LogP contribution in [0.25, 0.3) is 0 Å². The van der Waals surface area contributed by atoms with E-state index in [1.165, 1.54) is 11.3 Å². The largest absolute Gasteiger partial charge is 0.467 e. The van der Waals surface area contributed by atoms with Crippen LogP contribution in [0.5, 0.6) is 0 Å². The monoisotopic (exact) mass is 338 g/mol. The maximum absolute atomic E-state index is 12.1. The number of hydrogen-bond donors (Lipinski definition) is 2. The molecule has 2 aromatic rings. The molecule has 2 rings (SSSR count). The van der Waals surface area contributed by atoms with E-state index in [0.29, 0.717) is 28.8 Å². The van der Waals surface area contributed by atoms with Gasteiger partial charge in [0.05, 0.1) is 25.0 Å². The zero-order chi connectivity index (χ0) is 16.1. The topological polar surface area (TPSA) is 63.5 Å². The first-order valence-electron chi connectivity index (χ1n) is 6.87. The molecule has 0 saturated heterocycles. The van der Waals surface area contributed by atoms with Crippen LogP contribution in [0.1, 0.15) is 33.5 Å². The molecule has 0 bridgehead atoms. The lowest BCUT2D eigenvalue weighted by atomic mass is 10.1. The Kier molecular flexibility index (Phi) is 5.57. The summed E-state index contributed by atoms with van der Waals surface area (Å²) >= 11 is 6.75. The van der Waals surface area contributed by atoms with Crippen molar-refractivity contribution in [2.24, 2.45) is 0 Å². The van der Waals surface area contributed by atoms with Crippen LogP contribution in [-0.2, 0) is 11.3 Å². The number of thiocarbonyl (C=S) groups is 1. The lowest BCUT2D eigenvalue weighted by Crippen LogP contribution is -2.28. The van der Waals surface area contributed by atoms with Crippen LogP contribution < -0.4 is 10.6 Å². The Hall–Kier alpha value is -1.86. The Labute approximate surface area is 138 Å². The summed E-state index contributed by atoms with van der Waals surface area (Å²) in [6.07, 6.45) is 1.61. The average Bonchev–Trinajstić information content (AvgIpc) is 3.06. The third kappa shape index (κ3) is 3.86. The van der Waals surface area contributed by atoms with Gasteiger partial charge in [-0.15, -0.1) is 11.3 Å². The molecule has 0 atom stereocenters. The molecule has 2 heterocycles. The average molecular weight is 338 g/mol. The van der Waals surface area contributed by atoms with Crippen molar-refractivity contribution < 1.29 is 13.9 Å². The summed E-state index contributed by atoms with van der Waals surface area (Å²) < 4.78 is 10.3. The minimum Gasteiger partial charge on any atom is -0.467 e. The third-order valence-electron chi connectivity index (χ3n) is 3.10. The number of furan rings is 1. The standard InChI is InChI=1S/C15H18N2O3S2/c1-4-19-14(18)12-9(2)10(3)22-13(12)17-15(21)16-8-11-6-5-7-20-11/h5-7H,4,8H2,1-3H3,(H2,16,17,21). The quantitative estimate of drug-likeness (QED) is 0.641. The van der Waals surface area contributed by atoms with Gasteiger partial charge in [0.25, 0.3) is 0 Å². The molecule has 0 spiro atoms. The predicted molar refractivity (Wildman–Crippen MR) is 91.5 cm³/mol. The molecule has 118 valence electrons. The number of aryl methyl sites for hydroxylation is 1. The molecule has 0 aromatic carbocycles. The van der Waals surface area contributed by atoms with E-state index in [0.717, 1.165) is 16.2 Å². The Morgan fingerprint density at radius 3 is 2.86 bits per heavy atom. The fourth-order valence-electron chi connectivity index (χ4n) is 1.89. The van der Waals surface area contributed by atoms with E-state index < -0.39 is 0 Å². The van der Waals surface area contributed by atoms with Gasteiger partial charge in [0, 0.05) is 4.88 Å². The number of hydrogen-bond acceptors (Lipinski definition) is 5. The highest BCUT2D eigenvalue weighted by molar-refractivity contribution is 7.80. The van der Waals surface area contributed by atoms with Crippen molar-refractivity contribution in [2.45, 2.75) is 27.3 Å². The summed E-state index contributed by atoms with van der Waals surface area (Å²) in [7, 11) is 0. The maximum Gasteiger partial charge on any atom is 0.341 e. The molecule has 22 heavy (non-hydrogen) atoms. The van der Waals surface area contributed by atoms with E-state index in [4.69, 9.17) is 21.4 Å². The normalized spacial score (nSPS) is 10.3. The number of carbonyl (C=O) groups excluding carboxylic acids is 1. The smallest absolute Gasteiger partial charge is 0.341 e. The van der Waals surface area contributed by atoms with Gasteiger partial charge in [-0.3, -0.25) is 0 Å². The number of esters is 1. The minimum absolute atomic E-state index is 0.333. The fourth-order valence-corrected chi connectivity index (χ4v) is 3.18. The number of carbonyl (C=O) groups is 1. The Morgan fingerprint density at radius 2 is 2.23 bits per heavy atom.